The van der Waals surface area contributed by atoms with E-state index in [-0.39, 0.29) is 16.9 Å². The van der Waals surface area contributed by atoms with Crippen molar-refractivity contribution < 1.29 is 19.4 Å². The molecule has 0 atom stereocenters. The summed E-state index contributed by atoms with van der Waals surface area (Å²) in [5.74, 6) is 1.60. The van der Waals surface area contributed by atoms with Crippen molar-refractivity contribution in [2.24, 2.45) is 0 Å². The van der Waals surface area contributed by atoms with Crippen LogP contribution in [0.5, 0.6) is 17.2 Å². The Bertz CT molecular complexity index is 813. The Labute approximate surface area is 174 Å². The van der Waals surface area contributed by atoms with Gasteiger partial charge in [-0.05, 0) is 66.3 Å². The van der Waals surface area contributed by atoms with Crippen LogP contribution in [0.15, 0.2) is 42.5 Å². The average Bonchev–Trinajstić information content (AvgIpc) is 2.68. The predicted octanol–water partition coefficient (Wildman–Crippen LogP) is 6.16. The Kier molecular flexibility index (Phi) is 7.89. The number of aromatic hydroxyl groups is 1. The van der Waals surface area contributed by atoms with E-state index in [4.69, 9.17) is 9.47 Å². The van der Waals surface area contributed by atoms with Crippen LogP contribution in [-0.4, -0.2) is 24.1 Å². The van der Waals surface area contributed by atoms with E-state index in [0.29, 0.717) is 18.8 Å². The highest BCUT2D eigenvalue weighted by Crippen LogP contribution is 2.40. The lowest BCUT2D eigenvalue weighted by atomic mass is 9.84. The van der Waals surface area contributed by atoms with Crippen LogP contribution in [0.4, 0.5) is 0 Å². The van der Waals surface area contributed by atoms with Crippen LogP contribution in [0, 0.1) is 0 Å². The number of ether oxygens (including phenoxy) is 2. The number of phenols is 1. The Morgan fingerprint density at radius 3 is 1.93 bits per heavy atom. The molecule has 29 heavy (non-hydrogen) atoms. The molecule has 0 saturated carbocycles. The van der Waals surface area contributed by atoms with Crippen molar-refractivity contribution in [2.45, 2.75) is 52.9 Å². The minimum Gasteiger partial charge on any atom is -0.508 e. The molecule has 0 heterocycles. The largest absolute Gasteiger partial charge is 0.508 e. The quantitative estimate of drug-likeness (QED) is 0.407. The molecule has 0 aliphatic rings. The molecule has 156 valence electrons. The maximum absolute atomic E-state index is 12.4. The van der Waals surface area contributed by atoms with Gasteiger partial charge in [0.15, 0.2) is 5.78 Å². The maximum Gasteiger partial charge on any atom is 0.185 e. The SMILES string of the molecule is CCCOc1cc(C=CC(=O)c2ccc(O)cc2)cc(OCCC)c1C(C)(C)C. The lowest BCUT2D eigenvalue weighted by Crippen LogP contribution is -2.16. The van der Waals surface area contributed by atoms with E-state index in [1.54, 1.807) is 18.2 Å². The van der Waals surface area contributed by atoms with Crippen LogP contribution < -0.4 is 9.47 Å². The summed E-state index contributed by atoms with van der Waals surface area (Å²) in [6, 6.07) is 10.2. The minimum atomic E-state index is -0.143. The van der Waals surface area contributed by atoms with Crippen LogP contribution >= 0.6 is 0 Å². The average molecular weight is 397 g/mol. The first-order valence-corrected chi connectivity index (χ1v) is 10.2. The van der Waals surface area contributed by atoms with Gasteiger partial charge in [-0.15, -0.1) is 0 Å². The zero-order valence-electron chi connectivity index (χ0n) is 18.1. The molecule has 0 aliphatic heterocycles. The molecule has 0 radical (unpaired) electrons. The van der Waals surface area contributed by atoms with Crippen LogP contribution in [0.1, 0.15) is 68.9 Å². The van der Waals surface area contributed by atoms with E-state index in [9.17, 15) is 9.90 Å². The number of hydrogen-bond acceptors (Lipinski definition) is 4. The van der Waals surface area contributed by atoms with Crippen LogP contribution in [0.25, 0.3) is 6.08 Å². The highest BCUT2D eigenvalue weighted by atomic mass is 16.5. The molecule has 0 aromatic heterocycles. The summed E-state index contributed by atoms with van der Waals surface area (Å²) in [5, 5.41) is 9.38. The molecule has 0 bridgehead atoms. The van der Waals surface area contributed by atoms with E-state index in [1.807, 2.05) is 12.1 Å². The van der Waals surface area contributed by atoms with E-state index in [1.165, 1.54) is 18.2 Å². The molecule has 2 rings (SSSR count). The van der Waals surface area contributed by atoms with Gasteiger partial charge >= 0.3 is 0 Å². The van der Waals surface area contributed by atoms with Crippen molar-refractivity contribution in [1.82, 2.24) is 0 Å². The number of carbonyl (C=O) groups is 1. The van der Waals surface area contributed by atoms with Gasteiger partial charge in [-0.1, -0.05) is 40.7 Å². The van der Waals surface area contributed by atoms with Crippen LogP contribution in [0.3, 0.4) is 0 Å². The number of rotatable bonds is 9. The van der Waals surface area contributed by atoms with Gasteiger partial charge in [0.25, 0.3) is 0 Å². The summed E-state index contributed by atoms with van der Waals surface area (Å²) in [6.07, 6.45) is 5.13. The first-order valence-electron chi connectivity index (χ1n) is 10.2. The number of hydrogen-bond donors (Lipinski definition) is 1. The summed E-state index contributed by atoms with van der Waals surface area (Å²) in [4.78, 5) is 12.4. The second kappa shape index (κ2) is 10.1. The van der Waals surface area contributed by atoms with E-state index in [2.05, 4.69) is 34.6 Å². The standard InChI is InChI=1S/C25H32O4/c1-6-14-28-22-16-18(8-13-21(27)19-9-11-20(26)12-10-19)17-23(29-15-7-2)24(22)25(3,4)5/h8-13,16-17,26H,6-7,14-15H2,1-5H3. The van der Waals surface area contributed by atoms with Crippen molar-refractivity contribution in [3.8, 4) is 17.2 Å². The number of carbonyl (C=O) groups excluding carboxylic acids is 1. The number of phenolic OH excluding ortho intramolecular Hbond substituents is 1. The van der Waals surface area contributed by atoms with Gasteiger partial charge in [0.1, 0.15) is 17.2 Å². The zero-order valence-corrected chi connectivity index (χ0v) is 18.1. The Morgan fingerprint density at radius 1 is 0.966 bits per heavy atom. The maximum atomic E-state index is 12.4. The lowest BCUT2D eigenvalue weighted by Gasteiger charge is -2.26. The zero-order chi connectivity index (χ0) is 21.4. The fourth-order valence-corrected chi connectivity index (χ4v) is 2.99. The Morgan fingerprint density at radius 2 is 1.48 bits per heavy atom. The molecule has 0 aliphatic carbocycles. The second-order valence-electron chi connectivity index (χ2n) is 8.08. The molecular formula is C25H32O4. The summed E-state index contributed by atoms with van der Waals surface area (Å²) < 4.78 is 12.1. The van der Waals surface area contributed by atoms with Gasteiger partial charge in [-0.25, -0.2) is 0 Å². The third-order valence-corrected chi connectivity index (χ3v) is 4.34. The molecule has 2 aromatic carbocycles. The normalized spacial score (nSPS) is 11.6. The smallest absolute Gasteiger partial charge is 0.185 e. The molecule has 4 nitrogen and oxygen atoms in total. The second-order valence-corrected chi connectivity index (χ2v) is 8.08. The molecule has 0 saturated heterocycles. The number of allylic oxidation sites excluding steroid dienone is 1. The van der Waals surface area contributed by atoms with Crippen molar-refractivity contribution in [2.75, 3.05) is 13.2 Å². The van der Waals surface area contributed by atoms with Crippen LogP contribution in [-0.2, 0) is 5.41 Å². The lowest BCUT2D eigenvalue weighted by molar-refractivity contribution is 0.104. The fourth-order valence-electron chi connectivity index (χ4n) is 2.99. The molecule has 0 unspecified atom stereocenters. The van der Waals surface area contributed by atoms with Gasteiger partial charge in [0.2, 0.25) is 0 Å². The molecular weight excluding hydrogens is 364 g/mol. The van der Waals surface area contributed by atoms with E-state index in [0.717, 1.165) is 35.5 Å². The van der Waals surface area contributed by atoms with Gasteiger partial charge in [0, 0.05) is 11.1 Å². The van der Waals surface area contributed by atoms with Crippen molar-refractivity contribution >= 4 is 11.9 Å². The molecule has 1 N–H and O–H groups in total. The summed E-state index contributed by atoms with van der Waals surface area (Å²) >= 11 is 0. The molecule has 4 heteroatoms. The van der Waals surface area contributed by atoms with E-state index >= 15 is 0 Å². The van der Waals surface area contributed by atoms with Gasteiger partial charge in [-0.3, -0.25) is 4.79 Å². The topological polar surface area (TPSA) is 55.8 Å². The first-order chi connectivity index (χ1) is 13.8. The summed E-state index contributed by atoms with van der Waals surface area (Å²) in [7, 11) is 0. The Balaban J connectivity index is 2.42. The van der Waals surface area contributed by atoms with Gasteiger partial charge in [-0.2, -0.15) is 0 Å². The summed E-state index contributed by atoms with van der Waals surface area (Å²) in [6.45, 7) is 11.8. The highest BCUT2D eigenvalue weighted by molar-refractivity contribution is 6.06. The number of benzene rings is 2. The first kappa shape index (κ1) is 22.5. The fraction of sp³-hybridized carbons (Fsp3) is 0.400. The monoisotopic (exact) mass is 396 g/mol. The van der Waals surface area contributed by atoms with Crippen LogP contribution in [0.2, 0.25) is 0 Å². The van der Waals surface area contributed by atoms with Gasteiger partial charge < -0.3 is 14.6 Å². The summed E-state index contributed by atoms with van der Waals surface area (Å²) in [5.41, 5.74) is 2.27. The molecule has 0 spiro atoms. The highest BCUT2D eigenvalue weighted by Gasteiger charge is 2.25. The van der Waals surface area contributed by atoms with Crippen molar-refractivity contribution in [1.29, 1.82) is 0 Å². The van der Waals surface area contributed by atoms with Gasteiger partial charge in [0.05, 0.1) is 13.2 Å². The molecule has 2 aromatic rings. The van der Waals surface area contributed by atoms with Crippen molar-refractivity contribution in [3.63, 3.8) is 0 Å². The molecule has 0 fully saturated rings. The Hall–Kier alpha value is -2.75. The van der Waals surface area contributed by atoms with Crippen molar-refractivity contribution in [3.05, 3.63) is 59.2 Å². The number of ketones is 1. The molecule has 0 amide bonds. The third kappa shape index (κ3) is 6.38. The predicted molar refractivity (Wildman–Crippen MR) is 118 cm³/mol. The minimum absolute atomic E-state index is 0.128. The van der Waals surface area contributed by atoms with E-state index < -0.39 is 0 Å². The third-order valence-electron chi connectivity index (χ3n) is 4.34.